The van der Waals surface area contributed by atoms with Crippen LogP contribution in [-0.4, -0.2) is 22.9 Å². The monoisotopic (exact) mass is 278 g/mol. The van der Waals surface area contributed by atoms with E-state index in [1.165, 1.54) is 0 Å². The lowest BCUT2D eigenvalue weighted by molar-refractivity contribution is 0.0963. The Morgan fingerprint density at radius 2 is 2.26 bits per heavy atom. The first-order valence-electron chi connectivity index (χ1n) is 5.86. The van der Waals surface area contributed by atoms with Gasteiger partial charge in [0.05, 0.1) is 29.1 Å². The third kappa shape index (κ3) is 3.26. The van der Waals surface area contributed by atoms with Gasteiger partial charge in [-0.3, -0.25) is 4.79 Å². The Kier molecular flexibility index (Phi) is 4.06. The summed E-state index contributed by atoms with van der Waals surface area (Å²) in [6.07, 6.45) is 1.76. The molecule has 0 aliphatic heterocycles. The first-order chi connectivity index (χ1) is 9.10. The number of hydrogen-bond acceptors (Lipinski definition) is 3. The number of anilines is 1. The van der Waals surface area contributed by atoms with Gasteiger partial charge in [0.2, 0.25) is 0 Å². The van der Waals surface area contributed by atoms with Gasteiger partial charge in [-0.2, -0.15) is 0 Å². The highest BCUT2D eigenvalue weighted by Crippen LogP contribution is 2.23. The van der Waals surface area contributed by atoms with Crippen LogP contribution in [-0.2, 0) is 6.54 Å². The maximum Gasteiger partial charge on any atom is 0.251 e. The number of hydrogen-bond donors (Lipinski definition) is 3. The minimum Gasteiger partial charge on any atom is -0.378 e. The molecule has 6 heteroatoms. The summed E-state index contributed by atoms with van der Waals surface area (Å²) in [5.74, 6) is 0.721. The number of aryl methyl sites for hydroxylation is 1. The van der Waals surface area contributed by atoms with Crippen LogP contribution in [0.3, 0.4) is 0 Å². The van der Waals surface area contributed by atoms with Crippen molar-refractivity contribution in [2.24, 2.45) is 0 Å². The van der Waals surface area contributed by atoms with Crippen molar-refractivity contribution in [2.75, 3.05) is 12.4 Å². The van der Waals surface area contributed by atoms with Gasteiger partial charge in [0.25, 0.3) is 5.91 Å². The number of carbonyl (C=O) groups is 1. The molecule has 5 nitrogen and oxygen atoms in total. The summed E-state index contributed by atoms with van der Waals surface area (Å²) >= 11 is 6.10. The molecule has 0 saturated heterocycles. The number of amides is 1. The Balaban J connectivity index is 2.12. The first kappa shape index (κ1) is 13.4. The Hall–Kier alpha value is -2.01. The van der Waals surface area contributed by atoms with Crippen LogP contribution in [0.4, 0.5) is 5.69 Å². The van der Waals surface area contributed by atoms with E-state index >= 15 is 0 Å². The van der Waals surface area contributed by atoms with Crippen molar-refractivity contribution in [3.8, 4) is 0 Å². The summed E-state index contributed by atoms with van der Waals surface area (Å²) in [5, 5.41) is 6.33. The smallest absolute Gasteiger partial charge is 0.251 e. The predicted octanol–water partition coefficient (Wildman–Crippen LogP) is 2.34. The summed E-state index contributed by atoms with van der Waals surface area (Å²) in [6.45, 7) is 2.46. The average Bonchev–Trinajstić information content (AvgIpc) is 2.82. The number of H-pyrrole nitrogens is 1. The molecule has 0 fully saturated rings. The molecule has 2 aromatic rings. The topological polar surface area (TPSA) is 69.8 Å². The molecule has 1 heterocycles. The highest BCUT2D eigenvalue weighted by molar-refractivity contribution is 6.33. The molecule has 1 aromatic carbocycles. The van der Waals surface area contributed by atoms with Crippen LogP contribution >= 0.6 is 11.6 Å². The minimum absolute atomic E-state index is 0.142. The summed E-state index contributed by atoms with van der Waals surface area (Å²) < 4.78 is 0. The second-order valence-electron chi connectivity index (χ2n) is 4.12. The average molecular weight is 279 g/mol. The summed E-state index contributed by atoms with van der Waals surface area (Å²) in [7, 11) is 1.59. The van der Waals surface area contributed by atoms with E-state index in [-0.39, 0.29) is 5.91 Å². The highest BCUT2D eigenvalue weighted by atomic mass is 35.5. The lowest BCUT2D eigenvalue weighted by atomic mass is 10.2. The van der Waals surface area contributed by atoms with E-state index in [0.29, 0.717) is 17.1 Å². The number of imidazole rings is 1. The van der Waals surface area contributed by atoms with Crippen molar-refractivity contribution in [3.05, 3.63) is 46.5 Å². The highest BCUT2D eigenvalue weighted by Gasteiger charge is 2.07. The van der Waals surface area contributed by atoms with Gasteiger partial charge in [-0.05, 0) is 25.1 Å². The van der Waals surface area contributed by atoms with Gasteiger partial charge in [-0.25, -0.2) is 4.98 Å². The number of rotatable bonds is 4. The lowest BCUT2D eigenvalue weighted by Crippen LogP contribution is -2.17. The van der Waals surface area contributed by atoms with Crippen LogP contribution in [0.5, 0.6) is 0 Å². The predicted molar refractivity (Wildman–Crippen MR) is 75.5 cm³/mol. The number of halogens is 1. The van der Waals surface area contributed by atoms with Crippen molar-refractivity contribution < 1.29 is 4.79 Å². The molecule has 100 valence electrons. The molecular weight excluding hydrogens is 264 g/mol. The van der Waals surface area contributed by atoms with E-state index in [4.69, 9.17) is 11.6 Å². The van der Waals surface area contributed by atoms with E-state index in [2.05, 4.69) is 20.6 Å². The fourth-order valence-electron chi connectivity index (χ4n) is 1.70. The Morgan fingerprint density at radius 3 is 2.89 bits per heavy atom. The van der Waals surface area contributed by atoms with Gasteiger partial charge in [0, 0.05) is 12.6 Å². The van der Waals surface area contributed by atoms with E-state index in [1.54, 1.807) is 31.4 Å². The van der Waals surface area contributed by atoms with Crippen molar-refractivity contribution >= 4 is 23.2 Å². The largest absolute Gasteiger partial charge is 0.378 e. The molecule has 0 spiro atoms. The Labute approximate surface area is 116 Å². The number of benzene rings is 1. The van der Waals surface area contributed by atoms with Gasteiger partial charge < -0.3 is 15.6 Å². The molecule has 3 N–H and O–H groups in total. The summed E-state index contributed by atoms with van der Waals surface area (Å²) in [5.41, 5.74) is 2.24. The number of nitrogens with zero attached hydrogens (tertiary/aromatic N) is 1. The van der Waals surface area contributed by atoms with Gasteiger partial charge in [-0.15, -0.1) is 0 Å². The number of carbonyl (C=O) groups excluding carboxylic acids is 1. The maximum absolute atomic E-state index is 11.6. The molecule has 0 saturated carbocycles. The second kappa shape index (κ2) is 5.75. The Morgan fingerprint density at radius 1 is 1.47 bits per heavy atom. The van der Waals surface area contributed by atoms with Gasteiger partial charge in [-0.1, -0.05) is 11.6 Å². The Bertz CT molecular complexity index is 594. The third-order valence-electron chi connectivity index (χ3n) is 2.68. The standard InChI is InChI=1S/C13H15ClN4O/c1-8-16-6-10(18-8)7-17-12-5-9(13(19)15-2)3-4-11(12)14/h3-6,17H,7H2,1-2H3,(H,15,19)(H,16,18). The third-order valence-corrected chi connectivity index (χ3v) is 3.01. The molecule has 1 amide bonds. The molecule has 2 rings (SSSR count). The van der Waals surface area contributed by atoms with Crippen molar-refractivity contribution in [1.29, 1.82) is 0 Å². The van der Waals surface area contributed by atoms with Gasteiger partial charge in [0.15, 0.2) is 0 Å². The number of aromatic amines is 1. The zero-order chi connectivity index (χ0) is 13.8. The molecule has 0 radical (unpaired) electrons. The number of aromatic nitrogens is 2. The zero-order valence-corrected chi connectivity index (χ0v) is 11.5. The second-order valence-corrected chi connectivity index (χ2v) is 4.53. The van der Waals surface area contributed by atoms with E-state index in [0.717, 1.165) is 17.2 Å². The first-order valence-corrected chi connectivity index (χ1v) is 6.24. The minimum atomic E-state index is -0.142. The van der Waals surface area contributed by atoms with E-state index < -0.39 is 0 Å². The fraction of sp³-hybridized carbons (Fsp3) is 0.231. The molecule has 19 heavy (non-hydrogen) atoms. The normalized spacial score (nSPS) is 10.3. The fourth-order valence-corrected chi connectivity index (χ4v) is 1.88. The maximum atomic E-state index is 11.6. The quantitative estimate of drug-likeness (QED) is 0.804. The zero-order valence-electron chi connectivity index (χ0n) is 10.7. The molecule has 0 aliphatic carbocycles. The van der Waals surface area contributed by atoms with Crippen molar-refractivity contribution in [3.63, 3.8) is 0 Å². The lowest BCUT2D eigenvalue weighted by Gasteiger charge is -2.09. The van der Waals surface area contributed by atoms with Crippen LogP contribution in [0.1, 0.15) is 21.9 Å². The van der Waals surface area contributed by atoms with E-state index in [9.17, 15) is 4.79 Å². The molecule has 0 unspecified atom stereocenters. The van der Waals surface area contributed by atoms with Gasteiger partial charge in [0.1, 0.15) is 5.82 Å². The van der Waals surface area contributed by atoms with Crippen LogP contribution in [0.15, 0.2) is 24.4 Å². The van der Waals surface area contributed by atoms with Crippen LogP contribution in [0.2, 0.25) is 5.02 Å². The summed E-state index contributed by atoms with van der Waals surface area (Å²) in [4.78, 5) is 18.8. The summed E-state index contributed by atoms with van der Waals surface area (Å²) in [6, 6.07) is 5.11. The van der Waals surface area contributed by atoms with E-state index in [1.807, 2.05) is 6.92 Å². The molecule has 0 aliphatic rings. The molecule has 0 bridgehead atoms. The van der Waals surface area contributed by atoms with Crippen LogP contribution in [0, 0.1) is 6.92 Å². The molecule has 1 aromatic heterocycles. The SMILES string of the molecule is CNC(=O)c1ccc(Cl)c(NCc2cnc(C)[nH]2)c1. The van der Waals surface area contributed by atoms with Gasteiger partial charge >= 0.3 is 0 Å². The molecule has 0 atom stereocenters. The molecular formula is C13H15ClN4O. The van der Waals surface area contributed by atoms with Crippen LogP contribution < -0.4 is 10.6 Å². The van der Waals surface area contributed by atoms with Crippen molar-refractivity contribution in [2.45, 2.75) is 13.5 Å². The number of nitrogens with one attached hydrogen (secondary N) is 3. The van der Waals surface area contributed by atoms with Crippen molar-refractivity contribution in [1.82, 2.24) is 15.3 Å². The van der Waals surface area contributed by atoms with Crippen LogP contribution in [0.25, 0.3) is 0 Å².